The number of hydrogen-bond donors (Lipinski definition) is 2. The lowest BCUT2D eigenvalue weighted by atomic mass is 9.96. The van der Waals surface area contributed by atoms with E-state index in [0.29, 0.717) is 19.1 Å². The summed E-state index contributed by atoms with van der Waals surface area (Å²) in [5, 5.41) is 15.4. The predicted octanol–water partition coefficient (Wildman–Crippen LogP) is 3.27. The summed E-state index contributed by atoms with van der Waals surface area (Å²) in [6.07, 6.45) is 6.29. The fourth-order valence-electron chi connectivity index (χ4n) is 3.52. The van der Waals surface area contributed by atoms with E-state index in [-0.39, 0.29) is 6.10 Å². The van der Waals surface area contributed by atoms with Gasteiger partial charge in [0.25, 0.3) is 0 Å². The topological polar surface area (TPSA) is 76.4 Å². The minimum absolute atomic E-state index is 0.0199. The highest BCUT2D eigenvalue weighted by atomic mass is 16.5. The number of aryl methyl sites for hydroxylation is 2. The first-order valence-electron chi connectivity index (χ1n) is 10.6. The van der Waals surface area contributed by atoms with Crippen LogP contribution in [0.25, 0.3) is 0 Å². The van der Waals surface area contributed by atoms with Gasteiger partial charge in [-0.3, -0.25) is 0 Å². The number of guanidine groups is 1. The monoisotopic (exact) mass is 398 g/mol. The maximum absolute atomic E-state index is 6.10. The molecule has 0 spiro atoms. The number of hydrogen-bond acceptors (Lipinski definition) is 4. The normalized spacial score (nSPS) is 16.5. The fourth-order valence-corrected chi connectivity index (χ4v) is 3.52. The van der Waals surface area contributed by atoms with Crippen molar-refractivity contribution in [3.8, 4) is 5.75 Å². The first-order valence-corrected chi connectivity index (χ1v) is 10.6. The number of rotatable bonds is 7. The van der Waals surface area contributed by atoms with Gasteiger partial charge < -0.3 is 19.9 Å². The zero-order chi connectivity index (χ0) is 20.6. The number of nitrogens with one attached hydrogen (secondary N) is 2. The third-order valence-electron chi connectivity index (χ3n) is 5.49. The molecule has 0 saturated heterocycles. The van der Waals surface area contributed by atoms with E-state index >= 15 is 0 Å². The second-order valence-corrected chi connectivity index (χ2v) is 7.94. The molecule has 0 amide bonds. The molecule has 29 heavy (non-hydrogen) atoms. The number of ether oxygens (including phenoxy) is 1. The lowest BCUT2D eigenvalue weighted by Crippen LogP contribution is -2.46. The minimum atomic E-state index is 0.0199. The molecule has 0 aliphatic heterocycles. The summed E-state index contributed by atoms with van der Waals surface area (Å²) in [6.45, 7) is 7.25. The first-order chi connectivity index (χ1) is 14.0. The molecule has 0 bridgehead atoms. The Hall–Kier alpha value is -2.57. The maximum atomic E-state index is 6.10. The summed E-state index contributed by atoms with van der Waals surface area (Å²) in [6, 6.07) is 8.58. The Bertz CT molecular complexity index is 809. The fraction of sp³-hybridized carbons (Fsp3) is 0.591. The molecule has 1 aromatic carbocycles. The van der Waals surface area contributed by atoms with Gasteiger partial charge in [-0.1, -0.05) is 37.5 Å². The summed E-state index contributed by atoms with van der Waals surface area (Å²) in [7, 11) is 1.97. The van der Waals surface area contributed by atoms with Crippen molar-refractivity contribution < 1.29 is 4.74 Å². The molecule has 1 fully saturated rings. The number of benzene rings is 1. The molecule has 1 atom stereocenters. The summed E-state index contributed by atoms with van der Waals surface area (Å²) in [5.41, 5.74) is 1.14. The Labute approximate surface area is 174 Å². The largest absolute Gasteiger partial charge is 0.489 e. The highest BCUT2D eigenvalue weighted by Crippen LogP contribution is 2.18. The van der Waals surface area contributed by atoms with Crippen molar-refractivity contribution in [3.05, 3.63) is 41.5 Å². The maximum Gasteiger partial charge on any atom is 0.192 e. The SMILES string of the molecule is Cc1ccccc1OC(C)CNC(=NCc1nnc(C)n1C)NC1CCCCC1. The molecule has 2 N–H and O–H groups in total. The van der Waals surface area contributed by atoms with E-state index in [1.807, 2.05) is 36.7 Å². The molecular formula is C22H34N6O. The third-order valence-corrected chi connectivity index (χ3v) is 5.49. The molecule has 1 saturated carbocycles. The van der Waals surface area contributed by atoms with E-state index in [1.54, 1.807) is 0 Å². The van der Waals surface area contributed by atoms with Gasteiger partial charge in [0.15, 0.2) is 11.8 Å². The molecule has 1 aliphatic rings. The zero-order valence-electron chi connectivity index (χ0n) is 18.1. The summed E-state index contributed by atoms with van der Waals surface area (Å²) >= 11 is 0. The third kappa shape index (κ3) is 6.21. The Kier molecular flexibility index (Phi) is 7.49. The van der Waals surface area contributed by atoms with Crippen molar-refractivity contribution >= 4 is 5.96 Å². The van der Waals surface area contributed by atoms with Gasteiger partial charge in [-0.25, -0.2) is 4.99 Å². The van der Waals surface area contributed by atoms with Gasteiger partial charge in [0.2, 0.25) is 0 Å². The van der Waals surface area contributed by atoms with Gasteiger partial charge in [-0.05, 0) is 45.2 Å². The average molecular weight is 399 g/mol. The molecule has 2 aromatic rings. The molecule has 0 radical (unpaired) electrons. The minimum Gasteiger partial charge on any atom is -0.489 e. The van der Waals surface area contributed by atoms with Crippen LogP contribution in [0, 0.1) is 13.8 Å². The molecule has 7 heteroatoms. The first kappa shape index (κ1) is 21.1. The molecule has 1 aromatic heterocycles. The van der Waals surface area contributed by atoms with E-state index in [0.717, 1.165) is 28.9 Å². The molecule has 1 unspecified atom stereocenters. The van der Waals surface area contributed by atoms with Crippen LogP contribution in [-0.2, 0) is 13.6 Å². The van der Waals surface area contributed by atoms with Crippen molar-refractivity contribution in [3.63, 3.8) is 0 Å². The van der Waals surface area contributed by atoms with Crippen molar-refractivity contribution in [2.24, 2.45) is 12.0 Å². The van der Waals surface area contributed by atoms with Crippen LogP contribution in [0.4, 0.5) is 0 Å². The van der Waals surface area contributed by atoms with Gasteiger partial charge in [0.1, 0.15) is 24.2 Å². The zero-order valence-corrected chi connectivity index (χ0v) is 18.1. The van der Waals surface area contributed by atoms with Gasteiger partial charge in [0.05, 0.1) is 6.54 Å². The summed E-state index contributed by atoms with van der Waals surface area (Å²) in [4.78, 5) is 4.77. The number of aliphatic imine (C=N–C) groups is 1. The van der Waals surface area contributed by atoms with Crippen LogP contribution < -0.4 is 15.4 Å². The predicted molar refractivity (Wildman–Crippen MR) is 116 cm³/mol. The van der Waals surface area contributed by atoms with E-state index in [9.17, 15) is 0 Å². The van der Waals surface area contributed by atoms with Crippen molar-refractivity contribution in [1.82, 2.24) is 25.4 Å². The van der Waals surface area contributed by atoms with Crippen LogP contribution in [0.15, 0.2) is 29.3 Å². The molecule has 158 valence electrons. The van der Waals surface area contributed by atoms with Crippen LogP contribution in [0.5, 0.6) is 5.75 Å². The second-order valence-electron chi connectivity index (χ2n) is 7.94. The van der Waals surface area contributed by atoms with Gasteiger partial charge in [0, 0.05) is 13.1 Å². The van der Waals surface area contributed by atoms with E-state index in [1.165, 1.54) is 32.1 Å². The van der Waals surface area contributed by atoms with E-state index in [2.05, 4.69) is 40.7 Å². The highest BCUT2D eigenvalue weighted by molar-refractivity contribution is 5.80. The van der Waals surface area contributed by atoms with Crippen LogP contribution in [0.1, 0.15) is 56.2 Å². The number of nitrogens with zero attached hydrogens (tertiary/aromatic N) is 4. The molecule has 3 rings (SSSR count). The average Bonchev–Trinajstić information content (AvgIpc) is 3.04. The van der Waals surface area contributed by atoms with Crippen LogP contribution in [0.3, 0.4) is 0 Å². The highest BCUT2D eigenvalue weighted by Gasteiger charge is 2.16. The number of para-hydroxylation sites is 1. The van der Waals surface area contributed by atoms with E-state index in [4.69, 9.17) is 9.73 Å². The Morgan fingerprint density at radius 3 is 2.66 bits per heavy atom. The number of aromatic nitrogens is 3. The lowest BCUT2D eigenvalue weighted by Gasteiger charge is -2.26. The molecule has 1 heterocycles. The Morgan fingerprint density at radius 1 is 1.21 bits per heavy atom. The second kappa shape index (κ2) is 10.3. The molecule has 7 nitrogen and oxygen atoms in total. The molecule has 1 aliphatic carbocycles. The standard InChI is InChI=1S/C22H34N6O/c1-16-10-8-9-13-20(16)29-17(2)14-23-22(25-19-11-6-5-7-12-19)24-15-21-27-26-18(3)28(21)4/h8-10,13,17,19H,5-7,11-12,14-15H2,1-4H3,(H2,23,24,25). The lowest BCUT2D eigenvalue weighted by molar-refractivity contribution is 0.222. The molecular weight excluding hydrogens is 364 g/mol. The quantitative estimate of drug-likeness (QED) is 0.553. The Balaban J connectivity index is 1.61. The summed E-state index contributed by atoms with van der Waals surface area (Å²) in [5.74, 6) is 3.49. The Morgan fingerprint density at radius 2 is 1.97 bits per heavy atom. The smallest absolute Gasteiger partial charge is 0.192 e. The van der Waals surface area contributed by atoms with Gasteiger partial charge >= 0.3 is 0 Å². The van der Waals surface area contributed by atoms with E-state index < -0.39 is 0 Å². The van der Waals surface area contributed by atoms with Crippen LogP contribution >= 0.6 is 0 Å². The van der Waals surface area contributed by atoms with Crippen LogP contribution in [0.2, 0.25) is 0 Å². The summed E-state index contributed by atoms with van der Waals surface area (Å²) < 4.78 is 8.08. The van der Waals surface area contributed by atoms with Crippen molar-refractivity contribution in [2.75, 3.05) is 6.54 Å². The van der Waals surface area contributed by atoms with Crippen LogP contribution in [-0.4, -0.2) is 39.4 Å². The van der Waals surface area contributed by atoms with Crippen molar-refractivity contribution in [2.45, 2.75) is 71.6 Å². The van der Waals surface area contributed by atoms with Crippen molar-refractivity contribution in [1.29, 1.82) is 0 Å². The van der Waals surface area contributed by atoms with Gasteiger partial charge in [-0.2, -0.15) is 0 Å². The van der Waals surface area contributed by atoms with Gasteiger partial charge in [-0.15, -0.1) is 10.2 Å².